The molecular formula is C19H25NO. The second kappa shape index (κ2) is 6.77. The van der Waals surface area contributed by atoms with Gasteiger partial charge in [-0.15, -0.1) is 0 Å². The summed E-state index contributed by atoms with van der Waals surface area (Å²) >= 11 is 0. The number of nitrogens with one attached hydrogen (secondary N) is 1. The molecule has 0 aliphatic heterocycles. The lowest BCUT2D eigenvalue weighted by molar-refractivity contribution is 0.269. The number of aryl methyl sites for hydroxylation is 4. The van der Waals surface area contributed by atoms with Crippen molar-refractivity contribution in [3.8, 4) is 5.75 Å². The van der Waals surface area contributed by atoms with Crippen LogP contribution in [0.1, 0.15) is 33.9 Å². The van der Waals surface area contributed by atoms with Crippen LogP contribution in [0.2, 0.25) is 0 Å². The number of rotatable bonds is 5. The zero-order valence-electron chi connectivity index (χ0n) is 13.7. The Labute approximate surface area is 128 Å². The van der Waals surface area contributed by atoms with E-state index in [4.69, 9.17) is 4.74 Å². The van der Waals surface area contributed by atoms with E-state index in [9.17, 15) is 0 Å². The summed E-state index contributed by atoms with van der Waals surface area (Å²) in [6, 6.07) is 13.0. The summed E-state index contributed by atoms with van der Waals surface area (Å²) in [5, 5.41) is 3.36. The minimum Gasteiger partial charge on any atom is -0.491 e. The van der Waals surface area contributed by atoms with E-state index in [-0.39, 0.29) is 6.04 Å². The second-order valence-corrected chi connectivity index (χ2v) is 5.73. The van der Waals surface area contributed by atoms with Gasteiger partial charge in [0.2, 0.25) is 0 Å². The molecule has 21 heavy (non-hydrogen) atoms. The van der Waals surface area contributed by atoms with E-state index in [1.165, 1.54) is 27.8 Å². The van der Waals surface area contributed by atoms with E-state index < -0.39 is 0 Å². The molecule has 2 nitrogen and oxygen atoms in total. The van der Waals surface area contributed by atoms with Gasteiger partial charge in [0.05, 0.1) is 6.04 Å². The van der Waals surface area contributed by atoms with Crippen LogP contribution in [-0.4, -0.2) is 13.7 Å². The van der Waals surface area contributed by atoms with Crippen molar-refractivity contribution in [2.24, 2.45) is 0 Å². The number of hydrogen-bond acceptors (Lipinski definition) is 2. The van der Waals surface area contributed by atoms with E-state index in [1.807, 2.05) is 7.05 Å². The Balaban J connectivity index is 2.16. The third kappa shape index (κ3) is 3.64. The monoisotopic (exact) mass is 283 g/mol. The lowest BCUT2D eigenvalue weighted by atomic mass is 10.00. The minimum atomic E-state index is 0.199. The zero-order valence-corrected chi connectivity index (χ0v) is 13.7. The van der Waals surface area contributed by atoms with Crippen molar-refractivity contribution in [3.63, 3.8) is 0 Å². The molecule has 2 aromatic rings. The molecule has 0 saturated heterocycles. The highest BCUT2D eigenvalue weighted by Crippen LogP contribution is 2.25. The number of hydrogen-bond donors (Lipinski definition) is 1. The molecule has 0 aliphatic rings. The van der Waals surface area contributed by atoms with Crippen molar-refractivity contribution in [1.82, 2.24) is 5.32 Å². The molecular weight excluding hydrogens is 258 g/mol. The Morgan fingerprint density at radius 3 is 2.19 bits per heavy atom. The fraction of sp³-hybridized carbons (Fsp3) is 0.368. The maximum Gasteiger partial charge on any atom is 0.125 e. The smallest absolute Gasteiger partial charge is 0.125 e. The van der Waals surface area contributed by atoms with E-state index in [0.717, 1.165) is 5.75 Å². The molecule has 0 fully saturated rings. The first-order chi connectivity index (χ1) is 10.0. The number of benzene rings is 2. The average Bonchev–Trinajstić information content (AvgIpc) is 2.43. The van der Waals surface area contributed by atoms with Gasteiger partial charge in [-0.05, 0) is 57.0 Å². The summed E-state index contributed by atoms with van der Waals surface area (Å²) in [5.41, 5.74) is 6.27. The molecule has 0 saturated carbocycles. The molecule has 1 unspecified atom stereocenters. The van der Waals surface area contributed by atoms with Crippen molar-refractivity contribution < 1.29 is 4.74 Å². The van der Waals surface area contributed by atoms with Gasteiger partial charge in [0, 0.05) is 0 Å². The predicted molar refractivity (Wildman–Crippen MR) is 89.1 cm³/mol. The third-order valence-corrected chi connectivity index (χ3v) is 3.95. The summed E-state index contributed by atoms with van der Waals surface area (Å²) in [7, 11) is 1.98. The van der Waals surface area contributed by atoms with Crippen LogP contribution in [0.5, 0.6) is 5.75 Å². The summed E-state index contributed by atoms with van der Waals surface area (Å²) < 4.78 is 6.10. The van der Waals surface area contributed by atoms with Crippen LogP contribution < -0.4 is 10.1 Å². The number of likely N-dealkylation sites (N-methyl/N-ethyl adjacent to an activating group) is 1. The van der Waals surface area contributed by atoms with Gasteiger partial charge in [-0.1, -0.05) is 42.0 Å². The molecule has 1 atom stereocenters. The van der Waals surface area contributed by atoms with Crippen LogP contribution in [0.25, 0.3) is 0 Å². The molecule has 0 amide bonds. The molecule has 0 aromatic heterocycles. The van der Waals surface area contributed by atoms with Crippen molar-refractivity contribution in [2.45, 2.75) is 33.7 Å². The normalized spacial score (nSPS) is 12.2. The van der Waals surface area contributed by atoms with Crippen LogP contribution in [-0.2, 0) is 0 Å². The highest BCUT2D eigenvalue weighted by molar-refractivity contribution is 5.40. The van der Waals surface area contributed by atoms with Gasteiger partial charge >= 0.3 is 0 Å². The van der Waals surface area contributed by atoms with Crippen LogP contribution >= 0.6 is 0 Å². The molecule has 0 bridgehead atoms. The van der Waals surface area contributed by atoms with Crippen LogP contribution in [0, 0.1) is 27.7 Å². The molecule has 2 aromatic carbocycles. The maximum atomic E-state index is 6.10. The number of para-hydroxylation sites is 1. The first kappa shape index (κ1) is 15.6. The molecule has 0 aliphatic carbocycles. The van der Waals surface area contributed by atoms with Crippen LogP contribution in [0.4, 0.5) is 0 Å². The van der Waals surface area contributed by atoms with Crippen LogP contribution in [0.3, 0.4) is 0 Å². The van der Waals surface area contributed by atoms with E-state index >= 15 is 0 Å². The Morgan fingerprint density at radius 2 is 1.62 bits per heavy atom. The van der Waals surface area contributed by atoms with Gasteiger partial charge in [0.15, 0.2) is 0 Å². The lowest BCUT2D eigenvalue weighted by Gasteiger charge is -2.21. The van der Waals surface area contributed by atoms with E-state index in [2.05, 4.69) is 69.4 Å². The predicted octanol–water partition coefficient (Wildman–Crippen LogP) is 4.26. The second-order valence-electron chi connectivity index (χ2n) is 5.73. The Kier molecular flexibility index (Phi) is 5.03. The maximum absolute atomic E-state index is 6.10. The minimum absolute atomic E-state index is 0.199. The van der Waals surface area contributed by atoms with Gasteiger partial charge in [0.1, 0.15) is 12.4 Å². The standard InChI is InChI=1S/C19H25NO/c1-13-9-10-17(16(4)11-13)18(20-5)12-21-19-14(2)7-6-8-15(19)3/h6-11,18,20H,12H2,1-5H3. The highest BCUT2D eigenvalue weighted by Gasteiger charge is 2.14. The van der Waals surface area contributed by atoms with Crippen molar-refractivity contribution in [2.75, 3.05) is 13.7 Å². The van der Waals surface area contributed by atoms with Gasteiger partial charge in [0.25, 0.3) is 0 Å². The van der Waals surface area contributed by atoms with Gasteiger partial charge < -0.3 is 10.1 Å². The largest absolute Gasteiger partial charge is 0.491 e. The van der Waals surface area contributed by atoms with Gasteiger partial charge in [-0.3, -0.25) is 0 Å². The first-order valence-corrected chi connectivity index (χ1v) is 7.46. The molecule has 0 spiro atoms. The molecule has 2 rings (SSSR count). The topological polar surface area (TPSA) is 21.3 Å². The SMILES string of the molecule is CNC(COc1c(C)cccc1C)c1ccc(C)cc1C. The molecule has 0 heterocycles. The third-order valence-electron chi connectivity index (χ3n) is 3.95. The fourth-order valence-electron chi connectivity index (χ4n) is 2.74. The van der Waals surface area contributed by atoms with E-state index in [0.29, 0.717) is 6.61 Å². The molecule has 1 N–H and O–H groups in total. The Hall–Kier alpha value is -1.80. The number of ether oxygens (including phenoxy) is 1. The van der Waals surface area contributed by atoms with Crippen LogP contribution in [0.15, 0.2) is 36.4 Å². The summed E-state index contributed by atoms with van der Waals surface area (Å²) in [4.78, 5) is 0. The lowest BCUT2D eigenvalue weighted by Crippen LogP contribution is -2.24. The van der Waals surface area contributed by atoms with Crippen molar-refractivity contribution in [1.29, 1.82) is 0 Å². The molecule has 112 valence electrons. The highest BCUT2D eigenvalue weighted by atomic mass is 16.5. The van der Waals surface area contributed by atoms with E-state index in [1.54, 1.807) is 0 Å². The van der Waals surface area contributed by atoms with Crippen molar-refractivity contribution in [3.05, 3.63) is 64.2 Å². The first-order valence-electron chi connectivity index (χ1n) is 7.46. The summed E-state index contributed by atoms with van der Waals surface area (Å²) in [6.07, 6.45) is 0. The summed E-state index contributed by atoms with van der Waals surface area (Å²) in [5.74, 6) is 1.00. The summed E-state index contributed by atoms with van der Waals surface area (Å²) in [6.45, 7) is 9.10. The zero-order chi connectivity index (χ0) is 15.4. The van der Waals surface area contributed by atoms with Gasteiger partial charge in [-0.2, -0.15) is 0 Å². The Morgan fingerprint density at radius 1 is 0.952 bits per heavy atom. The molecule has 2 heteroatoms. The Bertz CT molecular complexity index is 599. The van der Waals surface area contributed by atoms with Gasteiger partial charge in [-0.25, -0.2) is 0 Å². The molecule has 0 radical (unpaired) electrons. The fourth-order valence-corrected chi connectivity index (χ4v) is 2.74. The average molecular weight is 283 g/mol. The quantitative estimate of drug-likeness (QED) is 0.885. The van der Waals surface area contributed by atoms with Crippen molar-refractivity contribution >= 4 is 0 Å².